The van der Waals surface area contributed by atoms with Crippen LogP contribution in [0.15, 0.2) is 0 Å². The SMILES string of the molecule is COS1(C)OCCC2CCCCN21. The molecule has 3 nitrogen and oxygen atoms in total. The number of nitrogens with zero attached hydrogens (tertiary/aromatic N) is 1. The molecule has 0 aliphatic carbocycles. The molecule has 2 aliphatic heterocycles. The number of piperidine rings is 1. The van der Waals surface area contributed by atoms with Gasteiger partial charge >= 0.3 is 0 Å². The lowest BCUT2D eigenvalue weighted by atomic mass is 10.0. The Balaban J connectivity index is 2.11. The van der Waals surface area contributed by atoms with Crippen molar-refractivity contribution in [1.29, 1.82) is 0 Å². The maximum Gasteiger partial charge on any atom is 0.0745 e. The molecule has 2 unspecified atom stereocenters. The largest absolute Gasteiger partial charge is 0.274 e. The maximum absolute atomic E-state index is 5.77. The van der Waals surface area contributed by atoms with E-state index in [0.29, 0.717) is 0 Å². The van der Waals surface area contributed by atoms with Gasteiger partial charge in [-0.05, 0) is 19.3 Å². The fourth-order valence-corrected chi connectivity index (χ4v) is 4.29. The van der Waals surface area contributed by atoms with Crippen molar-refractivity contribution < 1.29 is 8.37 Å². The molecular weight excluding hydrogens is 186 g/mol. The molecule has 4 heteroatoms. The van der Waals surface area contributed by atoms with E-state index in [2.05, 4.69) is 10.6 Å². The number of hydrogen-bond acceptors (Lipinski definition) is 3. The normalized spacial score (nSPS) is 46.5. The molecule has 2 rings (SSSR count). The minimum Gasteiger partial charge on any atom is -0.274 e. The fourth-order valence-electron chi connectivity index (χ4n) is 2.25. The Bertz CT molecular complexity index is 188. The highest BCUT2D eigenvalue weighted by Gasteiger charge is 2.36. The van der Waals surface area contributed by atoms with Gasteiger partial charge in [0.2, 0.25) is 0 Å². The molecule has 2 saturated heterocycles. The summed E-state index contributed by atoms with van der Waals surface area (Å²) in [5.41, 5.74) is 0. The van der Waals surface area contributed by atoms with E-state index in [4.69, 9.17) is 8.37 Å². The first-order valence-corrected chi connectivity index (χ1v) is 6.86. The highest BCUT2D eigenvalue weighted by atomic mass is 32.3. The van der Waals surface area contributed by atoms with Gasteiger partial charge in [0.15, 0.2) is 0 Å². The van der Waals surface area contributed by atoms with Gasteiger partial charge in [0, 0.05) is 18.8 Å². The third kappa shape index (κ3) is 1.73. The van der Waals surface area contributed by atoms with E-state index in [-0.39, 0.29) is 0 Å². The summed E-state index contributed by atoms with van der Waals surface area (Å²) in [6, 6.07) is 0.724. The van der Waals surface area contributed by atoms with Gasteiger partial charge in [0.05, 0.1) is 13.7 Å². The first-order chi connectivity index (χ1) is 6.26. The minimum absolute atomic E-state index is 0.724. The van der Waals surface area contributed by atoms with Gasteiger partial charge in [-0.15, -0.1) is 10.8 Å². The molecule has 2 aliphatic rings. The van der Waals surface area contributed by atoms with Crippen LogP contribution in [-0.4, -0.2) is 36.9 Å². The van der Waals surface area contributed by atoms with E-state index in [0.717, 1.165) is 19.2 Å². The highest BCUT2D eigenvalue weighted by Crippen LogP contribution is 2.55. The van der Waals surface area contributed by atoms with Gasteiger partial charge in [-0.3, -0.25) is 8.37 Å². The highest BCUT2D eigenvalue weighted by molar-refractivity contribution is 8.23. The van der Waals surface area contributed by atoms with Crippen LogP contribution >= 0.6 is 10.8 Å². The van der Waals surface area contributed by atoms with E-state index < -0.39 is 10.8 Å². The molecule has 0 bridgehead atoms. The zero-order chi connectivity index (χ0) is 9.31. The smallest absolute Gasteiger partial charge is 0.0745 e. The van der Waals surface area contributed by atoms with Gasteiger partial charge in [-0.1, -0.05) is 6.42 Å². The number of rotatable bonds is 1. The van der Waals surface area contributed by atoms with Crippen molar-refractivity contribution in [1.82, 2.24) is 4.31 Å². The third-order valence-corrected chi connectivity index (χ3v) is 5.62. The molecule has 0 saturated carbocycles. The molecule has 0 aromatic heterocycles. The van der Waals surface area contributed by atoms with E-state index in [1.807, 2.05) is 0 Å². The molecule has 0 amide bonds. The summed E-state index contributed by atoms with van der Waals surface area (Å²) in [5.74, 6) is 0. The summed E-state index contributed by atoms with van der Waals surface area (Å²) in [6.45, 7) is 2.03. The number of hydrogen-bond donors (Lipinski definition) is 0. The Morgan fingerprint density at radius 2 is 2.23 bits per heavy atom. The summed E-state index contributed by atoms with van der Waals surface area (Å²) in [5, 5.41) is 0. The van der Waals surface area contributed by atoms with Gasteiger partial charge in [-0.25, -0.2) is 4.31 Å². The van der Waals surface area contributed by atoms with Crippen molar-refractivity contribution in [3.8, 4) is 0 Å². The van der Waals surface area contributed by atoms with Crippen LogP contribution in [0, 0.1) is 0 Å². The van der Waals surface area contributed by atoms with Crippen LogP contribution in [0.25, 0.3) is 0 Å². The summed E-state index contributed by atoms with van der Waals surface area (Å²) in [4.78, 5) is 0. The van der Waals surface area contributed by atoms with Gasteiger partial charge in [0.1, 0.15) is 0 Å². The van der Waals surface area contributed by atoms with Crippen LogP contribution in [0.2, 0.25) is 0 Å². The Kier molecular flexibility index (Phi) is 2.83. The summed E-state index contributed by atoms with van der Waals surface area (Å²) >= 11 is 0. The van der Waals surface area contributed by atoms with E-state index in [1.165, 1.54) is 25.7 Å². The molecule has 13 heavy (non-hydrogen) atoms. The summed E-state index contributed by atoms with van der Waals surface area (Å²) < 4.78 is 13.8. The van der Waals surface area contributed by atoms with Crippen LogP contribution < -0.4 is 0 Å². The van der Waals surface area contributed by atoms with Crippen LogP contribution in [0.1, 0.15) is 25.7 Å². The van der Waals surface area contributed by atoms with E-state index in [1.54, 1.807) is 7.11 Å². The lowest BCUT2D eigenvalue weighted by molar-refractivity contribution is 0.127. The first-order valence-electron chi connectivity index (χ1n) is 5.01. The molecule has 0 N–H and O–H groups in total. The van der Waals surface area contributed by atoms with Crippen LogP contribution in [0.5, 0.6) is 0 Å². The third-order valence-electron chi connectivity index (χ3n) is 3.06. The predicted octanol–water partition coefficient (Wildman–Crippen LogP) is 2.09. The average Bonchev–Trinajstić information content (AvgIpc) is 2.19. The summed E-state index contributed by atoms with van der Waals surface area (Å²) in [7, 11) is 0.424. The quantitative estimate of drug-likeness (QED) is 0.654. The van der Waals surface area contributed by atoms with Crippen LogP contribution in [-0.2, 0) is 8.37 Å². The Morgan fingerprint density at radius 3 is 3.00 bits per heavy atom. The lowest BCUT2D eigenvalue weighted by Crippen LogP contribution is -2.46. The molecule has 0 spiro atoms. The van der Waals surface area contributed by atoms with Gasteiger partial charge in [0.25, 0.3) is 0 Å². The molecule has 0 aromatic rings. The molecule has 0 radical (unpaired) electrons. The lowest BCUT2D eigenvalue weighted by Gasteiger charge is -2.55. The van der Waals surface area contributed by atoms with Crippen molar-refractivity contribution in [3.63, 3.8) is 0 Å². The van der Waals surface area contributed by atoms with Gasteiger partial charge in [-0.2, -0.15) is 0 Å². The monoisotopic (exact) mass is 205 g/mol. The average molecular weight is 205 g/mol. The van der Waals surface area contributed by atoms with E-state index >= 15 is 0 Å². The molecule has 2 atom stereocenters. The Labute approximate surface area is 82.2 Å². The molecule has 2 fully saturated rings. The van der Waals surface area contributed by atoms with Crippen molar-refractivity contribution >= 4 is 10.8 Å². The number of fused-ring (bicyclic) bond motifs is 1. The second kappa shape index (κ2) is 3.77. The predicted molar refractivity (Wildman–Crippen MR) is 55.4 cm³/mol. The topological polar surface area (TPSA) is 21.7 Å². The molecular formula is C9H19NO2S. The van der Waals surface area contributed by atoms with Crippen molar-refractivity contribution in [3.05, 3.63) is 0 Å². The van der Waals surface area contributed by atoms with E-state index in [9.17, 15) is 0 Å². The van der Waals surface area contributed by atoms with Crippen LogP contribution in [0.4, 0.5) is 0 Å². The molecule has 78 valence electrons. The van der Waals surface area contributed by atoms with Crippen molar-refractivity contribution in [2.75, 3.05) is 26.5 Å². The van der Waals surface area contributed by atoms with Gasteiger partial charge < -0.3 is 0 Å². The zero-order valence-electron chi connectivity index (χ0n) is 8.49. The zero-order valence-corrected chi connectivity index (χ0v) is 9.31. The second-order valence-electron chi connectivity index (χ2n) is 3.80. The minimum atomic E-state index is -1.35. The van der Waals surface area contributed by atoms with Crippen molar-refractivity contribution in [2.24, 2.45) is 0 Å². The second-order valence-corrected chi connectivity index (χ2v) is 6.30. The maximum atomic E-state index is 5.77. The fraction of sp³-hybridized carbons (Fsp3) is 1.00. The Morgan fingerprint density at radius 1 is 1.38 bits per heavy atom. The van der Waals surface area contributed by atoms with Crippen LogP contribution in [0.3, 0.4) is 0 Å². The Hall–Kier alpha value is 0.230. The summed E-state index contributed by atoms with van der Waals surface area (Å²) in [6.07, 6.45) is 7.30. The first kappa shape index (κ1) is 9.77. The molecule has 0 aromatic carbocycles. The van der Waals surface area contributed by atoms with Crippen molar-refractivity contribution in [2.45, 2.75) is 31.7 Å². The standard InChI is InChI=1S/C9H19NO2S/c1-11-13(2)10-7-4-3-5-9(10)6-8-12-13/h9H,3-8H2,1-2H3. The molecule has 2 heterocycles.